The molecule has 5 atom stereocenters. The summed E-state index contributed by atoms with van der Waals surface area (Å²) < 4.78 is 15.4. The van der Waals surface area contributed by atoms with Crippen molar-refractivity contribution in [2.45, 2.75) is 91.9 Å². The molecule has 0 unspecified atom stereocenters. The second-order valence-corrected chi connectivity index (χ2v) is 16.0. The van der Waals surface area contributed by atoms with Crippen molar-refractivity contribution in [1.29, 1.82) is 0 Å². The van der Waals surface area contributed by atoms with E-state index in [-0.39, 0.29) is 11.4 Å². The Kier molecular flexibility index (Phi) is 9.37. The molecule has 3 aliphatic carbocycles. The summed E-state index contributed by atoms with van der Waals surface area (Å²) in [5.74, 6) is 4.23. The molecule has 8 rings (SSSR count). The van der Waals surface area contributed by atoms with E-state index in [0.717, 1.165) is 92.8 Å². The highest BCUT2D eigenvalue weighted by atomic mass is 19.1. The Morgan fingerprint density at radius 1 is 1.06 bits per heavy atom. The molecule has 2 saturated heterocycles. The Morgan fingerprint density at radius 3 is 2.54 bits per heavy atom. The number of guanidine groups is 1. The summed E-state index contributed by atoms with van der Waals surface area (Å²) in [7, 11) is 0. The van der Waals surface area contributed by atoms with E-state index in [9.17, 15) is 9.18 Å². The minimum atomic E-state index is -0.249. The molecular formula is C39H54FN7O. The minimum absolute atomic E-state index is 0.0169. The number of aliphatic imine (C=N–C) groups is 1. The van der Waals surface area contributed by atoms with Gasteiger partial charge in [-0.25, -0.2) is 14.4 Å². The number of halogens is 1. The van der Waals surface area contributed by atoms with Crippen molar-refractivity contribution < 1.29 is 4.39 Å². The van der Waals surface area contributed by atoms with Crippen LogP contribution in [0.1, 0.15) is 71.7 Å². The predicted molar refractivity (Wildman–Crippen MR) is 193 cm³/mol. The largest absolute Gasteiger partial charge is 0.340 e. The number of fused-ring (bicyclic) bond motifs is 3. The molecule has 2 aromatic carbocycles. The van der Waals surface area contributed by atoms with Gasteiger partial charge >= 0.3 is 0 Å². The van der Waals surface area contributed by atoms with Gasteiger partial charge in [-0.3, -0.25) is 14.3 Å². The molecule has 2 aliphatic heterocycles. The van der Waals surface area contributed by atoms with E-state index in [1.165, 1.54) is 18.6 Å². The van der Waals surface area contributed by atoms with Gasteiger partial charge in [0, 0.05) is 37.9 Å². The highest BCUT2D eigenvalue weighted by Crippen LogP contribution is 2.61. The number of piperidine rings is 1. The standard InChI is InChI=1S/C39H54FN7O/c1-25-12-16-45(17-13-25)24-36-43-35-22-31(10-11-32(35)37(48)47(36)18-14-28-6-8-30(40)9-7-28)42-38(46-19-15-41-26(2)23-46)44-34-21-29-20-33(27(34)3)39(29,4)5/h6-11,22,25-27,29,33-34,41H,12-21,23-24H2,1-5H3,(H,42,44)/t26-,27-,29+,33-,34-/m0/s1. The minimum Gasteiger partial charge on any atom is -0.340 e. The number of hydrogen-bond donors (Lipinski definition) is 2. The van der Waals surface area contributed by atoms with Gasteiger partial charge in [0.2, 0.25) is 0 Å². The maximum atomic E-state index is 14.1. The smallest absolute Gasteiger partial charge is 0.261 e. The van der Waals surface area contributed by atoms with Crippen LogP contribution in [0.2, 0.25) is 0 Å². The normalized spacial score (nSPS) is 28.0. The molecule has 0 amide bonds. The molecule has 3 aromatic rings. The van der Waals surface area contributed by atoms with Crippen molar-refractivity contribution in [2.75, 3.05) is 38.0 Å². The van der Waals surface area contributed by atoms with Gasteiger partial charge in [-0.2, -0.15) is 0 Å². The van der Waals surface area contributed by atoms with Crippen LogP contribution in [0.3, 0.4) is 0 Å². The lowest BCUT2D eigenvalue weighted by molar-refractivity contribution is -0.108. The first-order chi connectivity index (χ1) is 23.0. The van der Waals surface area contributed by atoms with Crippen LogP contribution in [0.5, 0.6) is 0 Å². The first-order valence-electron chi connectivity index (χ1n) is 18.4. The van der Waals surface area contributed by atoms with Gasteiger partial charge in [-0.1, -0.05) is 39.8 Å². The maximum Gasteiger partial charge on any atom is 0.261 e. The van der Waals surface area contributed by atoms with E-state index in [1.54, 1.807) is 12.1 Å². The summed E-state index contributed by atoms with van der Waals surface area (Å²) >= 11 is 0. The molecule has 1 aromatic heterocycles. The van der Waals surface area contributed by atoms with Gasteiger partial charge in [0.25, 0.3) is 5.56 Å². The van der Waals surface area contributed by atoms with E-state index in [4.69, 9.17) is 9.98 Å². The summed E-state index contributed by atoms with van der Waals surface area (Å²) in [4.78, 5) is 29.6. The van der Waals surface area contributed by atoms with Crippen LogP contribution in [-0.2, 0) is 19.5 Å². The lowest BCUT2D eigenvalue weighted by Crippen LogP contribution is -2.57. The highest BCUT2D eigenvalue weighted by molar-refractivity contribution is 5.96. The van der Waals surface area contributed by atoms with Gasteiger partial charge in [-0.05, 0) is 117 Å². The number of hydrogen-bond acceptors (Lipinski definition) is 5. The number of benzene rings is 2. The molecular weight excluding hydrogens is 601 g/mol. The van der Waals surface area contributed by atoms with Gasteiger partial charge in [-0.15, -0.1) is 0 Å². The van der Waals surface area contributed by atoms with Crippen molar-refractivity contribution in [3.8, 4) is 0 Å². The van der Waals surface area contributed by atoms with E-state index in [0.29, 0.717) is 53.8 Å². The molecule has 5 aliphatic rings. The van der Waals surface area contributed by atoms with Crippen LogP contribution in [0.15, 0.2) is 52.3 Å². The number of aromatic nitrogens is 2. The average Bonchev–Trinajstić information content (AvgIpc) is 3.06. The van der Waals surface area contributed by atoms with Crippen molar-refractivity contribution >= 4 is 22.5 Å². The zero-order chi connectivity index (χ0) is 33.6. The number of likely N-dealkylation sites (tertiary alicyclic amines) is 1. The third kappa shape index (κ3) is 6.77. The van der Waals surface area contributed by atoms with E-state index >= 15 is 0 Å². The van der Waals surface area contributed by atoms with Gasteiger partial charge in [0.1, 0.15) is 11.6 Å². The lowest BCUT2D eigenvalue weighted by Gasteiger charge is -2.61. The molecule has 258 valence electrons. The molecule has 2 N–H and O–H groups in total. The molecule has 0 radical (unpaired) electrons. The zero-order valence-corrected chi connectivity index (χ0v) is 29.5. The van der Waals surface area contributed by atoms with Crippen LogP contribution in [-0.4, -0.2) is 70.1 Å². The van der Waals surface area contributed by atoms with Crippen LogP contribution in [0, 0.1) is 34.9 Å². The Balaban J connectivity index is 1.20. The maximum absolute atomic E-state index is 14.1. The fourth-order valence-corrected chi connectivity index (χ4v) is 8.91. The van der Waals surface area contributed by atoms with Crippen molar-refractivity contribution in [1.82, 2.24) is 24.7 Å². The number of anilines is 1. The molecule has 9 heteroatoms. The SMILES string of the molecule is CC1CCN(Cc2nc3cc(N/C(=N/[C@H]4C[C@H]5C[C@@H]([C@@H]4C)C5(C)C)N4CCN[C@@H](C)C4)ccc3c(=O)n2CCc2ccc(F)cc2)CC1. The highest BCUT2D eigenvalue weighted by Gasteiger charge is 2.56. The molecule has 5 fully saturated rings. The first-order valence-corrected chi connectivity index (χ1v) is 18.4. The topological polar surface area (TPSA) is 77.8 Å². The number of nitrogens with zero attached hydrogens (tertiary/aromatic N) is 5. The summed E-state index contributed by atoms with van der Waals surface area (Å²) in [5.41, 5.74) is 3.03. The Bertz CT molecular complexity index is 1690. The number of nitrogens with one attached hydrogen (secondary N) is 2. The second-order valence-electron chi connectivity index (χ2n) is 16.0. The average molecular weight is 656 g/mol. The third-order valence-electron chi connectivity index (χ3n) is 12.3. The van der Waals surface area contributed by atoms with Crippen LogP contribution in [0.4, 0.5) is 10.1 Å². The van der Waals surface area contributed by atoms with Crippen LogP contribution < -0.4 is 16.2 Å². The summed E-state index contributed by atoms with van der Waals surface area (Å²) in [6, 6.07) is 13.2. The lowest BCUT2D eigenvalue weighted by atomic mass is 9.45. The quantitative estimate of drug-likeness (QED) is 0.235. The van der Waals surface area contributed by atoms with Crippen molar-refractivity contribution in [3.63, 3.8) is 0 Å². The van der Waals surface area contributed by atoms with E-state index < -0.39 is 0 Å². The van der Waals surface area contributed by atoms with Crippen molar-refractivity contribution in [3.05, 3.63) is 70.0 Å². The summed E-state index contributed by atoms with van der Waals surface area (Å²) in [6.45, 7) is 17.7. The molecule has 8 nitrogen and oxygen atoms in total. The zero-order valence-electron chi connectivity index (χ0n) is 29.5. The van der Waals surface area contributed by atoms with Crippen LogP contribution >= 0.6 is 0 Å². The molecule has 3 heterocycles. The predicted octanol–water partition coefficient (Wildman–Crippen LogP) is 6.14. The monoisotopic (exact) mass is 655 g/mol. The third-order valence-corrected chi connectivity index (χ3v) is 12.3. The Morgan fingerprint density at radius 2 is 1.83 bits per heavy atom. The Hall–Kier alpha value is -3.30. The van der Waals surface area contributed by atoms with Gasteiger partial charge in [0.15, 0.2) is 5.96 Å². The molecule has 0 spiro atoms. The van der Waals surface area contributed by atoms with E-state index in [1.807, 2.05) is 22.8 Å². The fourth-order valence-electron chi connectivity index (χ4n) is 8.91. The molecule has 2 bridgehead atoms. The van der Waals surface area contributed by atoms with Gasteiger partial charge in [0.05, 0.1) is 23.5 Å². The number of rotatable bonds is 7. The van der Waals surface area contributed by atoms with Crippen LogP contribution in [0.25, 0.3) is 10.9 Å². The molecule has 48 heavy (non-hydrogen) atoms. The summed E-state index contributed by atoms with van der Waals surface area (Å²) in [6.07, 6.45) is 5.44. The summed E-state index contributed by atoms with van der Waals surface area (Å²) in [5, 5.41) is 7.92. The number of aryl methyl sites for hydroxylation is 1. The van der Waals surface area contributed by atoms with E-state index in [2.05, 4.69) is 55.1 Å². The Labute approximate surface area is 285 Å². The first kappa shape index (κ1) is 33.2. The fraction of sp³-hybridized carbons (Fsp3) is 0.615. The van der Waals surface area contributed by atoms with Gasteiger partial charge < -0.3 is 15.5 Å². The second kappa shape index (κ2) is 13.5. The van der Waals surface area contributed by atoms with Crippen molar-refractivity contribution in [2.24, 2.45) is 34.1 Å². The molecule has 3 saturated carbocycles. The number of piperazine rings is 1.